The van der Waals surface area contributed by atoms with Gasteiger partial charge in [0.05, 0.1) is 11.8 Å². The number of ether oxygens (including phenoxy) is 2. The first kappa shape index (κ1) is 19.5. The van der Waals surface area contributed by atoms with Crippen LogP contribution in [0.4, 0.5) is 0 Å². The minimum Gasteiger partial charge on any atom is -0.381 e. The van der Waals surface area contributed by atoms with Gasteiger partial charge in [-0.2, -0.15) is 0 Å². The second-order valence-corrected chi connectivity index (χ2v) is 8.94. The molecule has 0 aliphatic carbocycles. The monoisotopic (exact) mass is 416 g/mol. The number of likely N-dealkylation sites (tertiary alicyclic amines) is 1. The highest BCUT2D eigenvalue weighted by molar-refractivity contribution is 6.30. The summed E-state index contributed by atoms with van der Waals surface area (Å²) in [7, 11) is 1.77. The second kappa shape index (κ2) is 8.34. The van der Waals surface area contributed by atoms with Crippen molar-refractivity contribution in [3.8, 4) is 5.69 Å². The van der Waals surface area contributed by atoms with Gasteiger partial charge in [-0.05, 0) is 62.5 Å². The number of hydrogen-bond acceptors (Lipinski definition) is 5. The molecule has 4 heterocycles. The van der Waals surface area contributed by atoms with Crippen molar-refractivity contribution in [2.24, 2.45) is 0 Å². The Bertz CT molecular complexity index is 856. The van der Waals surface area contributed by atoms with Gasteiger partial charge in [0.1, 0.15) is 11.6 Å². The van der Waals surface area contributed by atoms with Crippen LogP contribution in [0, 0.1) is 0 Å². The molecule has 0 spiro atoms. The first-order valence-corrected chi connectivity index (χ1v) is 11.2. The van der Waals surface area contributed by atoms with Crippen LogP contribution in [0.2, 0.25) is 5.02 Å². The van der Waals surface area contributed by atoms with Crippen LogP contribution in [-0.4, -0.2) is 65.2 Å². The Morgan fingerprint density at radius 2 is 1.86 bits per heavy atom. The summed E-state index contributed by atoms with van der Waals surface area (Å²) in [6.07, 6.45) is 6.31. The zero-order chi connectivity index (χ0) is 19.8. The number of fused-ring (bicyclic) bond motifs is 3. The molecule has 0 saturated carbocycles. The van der Waals surface area contributed by atoms with Crippen LogP contribution in [-0.2, 0) is 22.3 Å². The van der Waals surface area contributed by atoms with Crippen molar-refractivity contribution in [1.82, 2.24) is 19.7 Å². The zero-order valence-corrected chi connectivity index (χ0v) is 17.8. The number of halogens is 1. The summed E-state index contributed by atoms with van der Waals surface area (Å²) in [5, 5.41) is 10.0. The third kappa shape index (κ3) is 3.83. The van der Waals surface area contributed by atoms with Crippen LogP contribution in [0.15, 0.2) is 18.2 Å². The number of rotatable bonds is 3. The van der Waals surface area contributed by atoms with E-state index in [0.29, 0.717) is 12.0 Å². The summed E-state index contributed by atoms with van der Waals surface area (Å²) in [6.45, 7) is 4.07. The number of aromatic nitrogens is 3. The number of methoxy groups -OCH3 is 1. The minimum absolute atomic E-state index is 0.0980. The molecule has 6 nitrogen and oxygen atoms in total. The molecule has 1 aromatic heterocycles. The van der Waals surface area contributed by atoms with E-state index >= 15 is 0 Å². The molecule has 156 valence electrons. The molecule has 0 radical (unpaired) electrons. The van der Waals surface area contributed by atoms with Crippen LogP contribution in [0.25, 0.3) is 5.69 Å². The smallest absolute Gasteiger partial charge is 0.140 e. The third-order valence-corrected chi connectivity index (χ3v) is 7.07. The quantitative estimate of drug-likeness (QED) is 0.767. The van der Waals surface area contributed by atoms with E-state index < -0.39 is 0 Å². The van der Waals surface area contributed by atoms with Crippen molar-refractivity contribution in [3.63, 3.8) is 0 Å². The number of piperidine rings is 1. The summed E-state index contributed by atoms with van der Waals surface area (Å²) in [4.78, 5) is 2.66. The first-order chi connectivity index (χ1) is 14.2. The normalized spacial score (nSPS) is 24.1. The van der Waals surface area contributed by atoms with Crippen LogP contribution < -0.4 is 0 Å². The summed E-state index contributed by atoms with van der Waals surface area (Å²) in [5.74, 6) is 2.54. The van der Waals surface area contributed by atoms with Gasteiger partial charge in [0.15, 0.2) is 0 Å². The van der Waals surface area contributed by atoms with E-state index in [1.165, 1.54) is 5.56 Å². The molecule has 3 aliphatic rings. The highest BCUT2D eigenvalue weighted by Crippen LogP contribution is 2.34. The summed E-state index contributed by atoms with van der Waals surface area (Å²) in [6, 6.07) is 6.83. The van der Waals surface area contributed by atoms with E-state index in [4.69, 9.17) is 21.1 Å². The minimum atomic E-state index is 0.0980. The lowest BCUT2D eigenvalue weighted by Crippen LogP contribution is -2.44. The van der Waals surface area contributed by atoms with Crippen LogP contribution in [0.1, 0.15) is 48.8 Å². The molecule has 1 atom stereocenters. The average molecular weight is 417 g/mol. The summed E-state index contributed by atoms with van der Waals surface area (Å²) >= 11 is 6.30. The Hall–Kier alpha value is -1.47. The Kier molecular flexibility index (Phi) is 5.61. The van der Waals surface area contributed by atoms with Crippen molar-refractivity contribution in [1.29, 1.82) is 0 Å². The molecule has 0 amide bonds. The molecular formula is C22H29ClN4O2. The van der Waals surface area contributed by atoms with Crippen LogP contribution in [0.3, 0.4) is 0 Å². The highest BCUT2D eigenvalue weighted by Gasteiger charge is 2.32. The molecule has 29 heavy (non-hydrogen) atoms. The first-order valence-electron chi connectivity index (χ1n) is 10.8. The van der Waals surface area contributed by atoms with E-state index in [-0.39, 0.29) is 6.10 Å². The zero-order valence-electron chi connectivity index (χ0n) is 17.0. The van der Waals surface area contributed by atoms with Crippen molar-refractivity contribution >= 4 is 11.6 Å². The lowest BCUT2D eigenvalue weighted by molar-refractivity contribution is 0.0248. The van der Waals surface area contributed by atoms with E-state index in [0.717, 1.165) is 87.2 Å². The van der Waals surface area contributed by atoms with E-state index in [1.54, 1.807) is 7.11 Å². The Balaban J connectivity index is 1.41. The largest absolute Gasteiger partial charge is 0.381 e. The van der Waals surface area contributed by atoms with Gasteiger partial charge in [-0.15, -0.1) is 10.2 Å². The van der Waals surface area contributed by atoms with Gasteiger partial charge >= 0.3 is 0 Å². The predicted octanol–water partition coefficient (Wildman–Crippen LogP) is 3.39. The molecule has 2 saturated heterocycles. The van der Waals surface area contributed by atoms with Crippen molar-refractivity contribution in [2.45, 2.75) is 56.6 Å². The average Bonchev–Trinajstić information content (AvgIpc) is 3.10. The molecule has 5 rings (SSSR count). The lowest BCUT2D eigenvalue weighted by atomic mass is 9.93. The maximum absolute atomic E-state index is 6.30. The maximum atomic E-state index is 6.30. The third-order valence-electron chi connectivity index (χ3n) is 6.83. The highest BCUT2D eigenvalue weighted by atomic mass is 35.5. The van der Waals surface area contributed by atoms with Crippen LogP contribution in [0.5, 0.6) is 0 Å². The molecule has 2 fully saturated rings. The van der Waals surface area contributed by atoms with E-state index in [9.17, 15) is 0 Å². The maximum Gasteiger partial charge on any atom is 0.140 e. The molecule has 7 heteroatoms. The molecule has 0 bridgehead atoms. The summed E-state index contributed by atoms with van der Waals surface area (Å²) in [5.41, 5.74) is 2.37. The van der Waals surface area contributed by atoms with Gasteiger partial charge in [-0.3, -0.25) is 4.57 Å². The molecule has 1 aromatic carbocycles. The van der Waals surface area contributed by atoms with Gasteiger partial charge < -0.3 is 14.4 Å². The second-order valence-electron chi connectivity index (χ2n) is 8.50. The fourth-order valence-corrected chi connectivity index (χ4v) is 5.38. The van der Waals surface area contributed by atoms with Gasteiger partial charge in [-0.1, -0.05) is 11.6 Å². The van der Waals surface area contributed by atoms with Crippen LogP contribution >= 0.6 is 11.6 Å². The molecule has 0 N–H and O–H groups in total. The van der Waals surface area contributed by atoms with Crippen molar-refractivity contribution < 1.29 is 9.47 Å². The van der Waals surface area contributed by atoms with E-state index in [2.05, 4.69) is 31.8 Å². The fraction of sp³-hybridized carbons (Fsp3) is 0.636. The number of hydrogen-bond donors (Lipinski definition) is 0. The van der Waals surface area contributed by atoms with Gasteiger partial charge in [0.25, 0.3) is 0 Å². The molecule has 2 aromatic rings. The molecular weight excluding hydrogens is 388 g/mol. The van der Waals surface area contributed by atoms with E-state index in [1.807, 2.05) is 6.07 Å². The lowest BCUT2D eigenvalue weighted by Gasteiger charge is -2.39. The number of benzene rings is 1. The molecule has 1 unspecified atom stereocenters. The fourth-order valence-electron chi connectivity index (χ4n) is 5.19. The number of nitrogens with zero attached hydrogens (tertiary/aromatic N) is 4. The standard InChI is InChI=1S/C22H29ClN4O2/c1-28-19-13-16-12-17(23)2-3-20(16)27-21(14-19)24-25-22(27)15-4-8-26(9-5-15)18-6-10-29-11-7-18/h2-3,12,15,18-19H,4-11,13-14H2,1H3. The Labute approximate surface area is 177 Å². The topological polar surface area (TPSA) is 52.4 Å². The summed E-state index contributed by atoms with van der Waals surface area (Å²) < 4.78 is 13.5. The Morgan fingerprint density at radius 3 is 2.62 bits per heavy atom. The van der Waals surface area contributed by atoms with Gasteiger partial charge in [0.2, 0.25) is 0 Å². The molecule has 3 aliphatic heterocycles. The van der Waals surface area contributed by atoms with Crippen molar-refractivity contribution in [3.05, 3.63) is 40.4 Å². The van der Waals surface area contributed by atoms with Gasteiger partial charge in [-0.25, -0.2) is 0 Å². The van der Waals surface area contributed by atoms with Crippen molar-refractivity contribution in [2.75, 3.05) is 33.4 Å². The SMILES string of the molecule is COC1Cc2cc(Cl)ccc2-n2c(nnc2C2CCN(C3CCOCC3)CC2)C1. The van der Waals surface area contributed by atoms with Gasteiger partial charge in [0, 0.05) is 50.1 Å². The predicted molar refractivity (Wildman–Crippen MR) is 112 cm³/mol. The Morgan fingerprint density at radius 1 is 1.07 bits per heavy atom.